The first-order valence-corrected chi connectivity index (χ1v) is 8.49. The Balaban J connectivity index is 0.000000191. The molecule has 0 fully saturated rings. The van der Waals surface area contributed by atoms with Gasteiger partial charge >= 0.3 is 0 Å². The van der Waals surface area contributed by atoms with E-state index in [4.69, 9.17) is 8.83 Å². The first-order chi connectivity index (χ1) is 8.97. The van der Waals surface area contributed by atoms with Gasteiger partial charge in [-0.15, -0.1) is 23.5 Å². The number of rotatable bonds is 3. The fourth-order valence-electron chi connectivity index (χ4n) is 1.72. The zero-order valence-corrected chi connectivity index (χ0v) is 14.1. The zero-order chi connectivity index (χ0) is 14.4. The Morgan fingerprint density at radius 3 is 1.63 bits per heavy atom. The van der Waals surface area contributed by atoms with Gasteiger partial charge in [-0.2, -0.15) is 0 Å². The fourth-order valence-corrected chi connectivity index (χ4v) is 3.13. The van der Waals surface area contributed by atoms with Crippen molar-refractivity contribution in [2.45, 2.75) is 44.4 Å². The summed E-state index contributed by atoms with van der Waals surface area (Å²) in [5.41, 5.74) is 0. The topological polar surface area (TPSA) is 26.3 Å². The van der Waals surface area contributed by atoms with Crippen LogP contribution in [0.2, 0.25) is 0 Å². The highest BCUT2D eigenvalue weighted by atomic mass is 32.2. The molecular formula is C15H22O2S2. The van der Waals surface area contributed by atoms with Crippen molar-refractivity contribution >= 4 is 23.5 Å². The highest BCUT2D eigenvalue weighted by Crippen LogP contribution is 2.24. The molecule has 0 aliphatic carbocycles. The predicted molar refractivity (Wildman–Crippen MR) is 84.5 cm³/mol. The Hall–Kier alpha value is -0.740. The third-order valence-corrected chi connectivity index (χ3v) is 4.36. The van der Waals surface area contributed by atoms with Crippen LogP contribution in [0.1, 0.15) is 30.0 Å². The predicted octanol–water partition coefficient (Wildman–Crippen LogP) is 5.63. The Morgan fingerprint density at radius 1 is 0.895 bits per heavy atom. The van der Waals surface area contributed by atoms with E-state index in [-0.39, 0.29) is 0 Å². The minimum atomic E-state index is 0.997. The van der Waals surface area contributed by atoms with Crippen LogP contribution in [-0.2, 0) is 0 Å². The molecule has 2 aromatic heterocycles. The molecule has 0 radical (unpaired) electrons. The summed E-state index contributed by atoms with van der Waals surface area (Å²) in [6.07, 6.45) is 2.05. The quantitative estimate of drug-likeness (QED) is 0.686. The van der Waals surface area contributed by atoms with Crippen LogP contribution < -0.4 is 0 Å². The summed E-state index contributed by atoms with van der Waals surface area (Å²) in [7, 11) is 0. The summed E-state index contributed by atoms with van der Waals surface area (Å²) >= 11 is 3.55. The second kappa shape index (κ2) is 7.75. The average Bonchev–Trinajstić information content (AvgIpc) is 2.83. The summed E-state index contributed by atoms with van der Waals surface area (Å²) in [5.74, 6) is 5.19. The lowest BCUT2D eigenvalue weighted by atomic mass is 10.4. The van der Waals surface area contributed by atoms with Gasteiger partial charge in [0.05, 0.1) is 0 Å². The summed E-state index contributed by atoms with van der Waals surface area (Å²) in [4.78, 5) is 2.52. The van der Waals surface area contributed by atoms with Gasteiger partial charge in [0.15, 0.2) is 0 Å². The van der Waals surface area contributed by atoms with Gasteiger partial charge in [0, 0.05) is 9.79 Å². The van der Waals surface area contributed by atoms with Crippen molar-refractivity contribution in [2.24, 2.45) is 0 Å². The number of furan rings is 2. The van der Waals surface area contributed by atoms with E-state index < -0.39 is 0 Å². The van der Waals surface area contributed by atoms with E-state index in [1.54, 1.807) is 11.8 Å². The molecule has 0 N–H and O–H groups in total. The molecule has 0 amide bonds. The van der Waals surface area contributed by atoms with Gasteiger partial charge in [0.25, 0.3) is 0 Å². The van der Waals surface area contributed by atoms with E-state index in [0.29, 0.717) is 0 Å². The molecular weight excluding hydrogens is 276 g/mol. The maximum atomic E-state index is 5.35. The molecule has 0 saturated carbocycles. The molecule has 0 atom stereocenters. The molecule has 0 saturated heterocycles. The molecule has 0 bridgehead atoms. The van der Waals surface area contributed by atoms with Gasteiger partial charge in [-0.3, -0.25) is 0 Å². The molecule has 4 heteroatoms. The number of hydrogen-bond donors (Lipinski definition) is 0. The van der Waals surface area contributed by atoms with Gasteiger partial charge in [-0.25, -0.2) is 0 Å². The Kier molecular flexibility index (Phi) is 6.66. The van der Waals surface area contributed by atoms with E-state index in [0.717, 1.165) is 28.8 Å². The van der Waals surface area contributed by atoms with Crippen LogP contribution in [0.4, 0.5) is 0 Å². The Labute approximate surface area is 124 Å². The summed E-state index contributed by atoms with van der Waals surface area (Å²) in [6.45, 7) is 10.1. The molecule has 2 aromatic rings. The van der Waals surface area contributed by atoms with Crippen molar-refractivity contribution in [1.82, 2.24) is 0 Å². The van der Waals surface area contributed by atoms with E-state index in [1.807, 2.05) is 39.5 Å². The van der Waals surface area contributed by atoms with E-state index in [2.05, 4.69) is 25.3 Å². The molecule has 0 aliphatic rings. The lowest BCUT2D eigenvalue weighted by Gasteiger charge is -1.90. The van der Waals surface area contributed by atoms with Crippen molar-refractivity contribution in [3.05, 3.63) is 35.2 Å². The largest absolute Gasteiger partial charge is 0.465 e. The minimum absolute atomic E-state index is 0.997. The van der Waals surface area contributed by atoms with Crippen LogP contribution in [0.25, 0.3) is 0 Å². The highest BCUT2D eigenvalue weighted by molar-refractivity contribution is 7.99. The van der Waals surface area contributed by atoms with Crippen molar-refractivity contribution in [1.29, 1.82) is 0 Å². The molecule has 19 heavy (non-hydrogen) atoms. The Morgan fingerprint density at radius 2 is 1.37 bits per heavy atom. The number of aryl methyl sites for hydroxylation is 4. The van der Waals surface area contributed by atoms with Crippen LogP contribution >= 0.6 is 23.5 Å². The first kappa shape index (κ1) is 16.3. The van der Waals surface area contributed by atoms with Crippen molar-refractivity contribution in [2.75, 3.05) is 12.0 Å². The van der Waals surface area contributed by atoms with E-state index >= 15 is 0 Å². The lowest BCUT2D eigenvalue weighted by Crippen LogP contribution is -1.69. The molecule has 106 valence electrons. The molecule has 0 aromatic carbocycles. The second-order valence-corrected chi connectivity index (χ2v) is 6.35. The third kappa shape index (κ3) is 5.03. The van der Waals surface area contributed by atoms with Gasteiger partial charge < -0.3 is 8.83 Å². The van der Waals surface area contributed by atoms with Crippen molar-refractivity contribution in [3.63, 3.8) is 0 Å². The fraction of sp³-hybridized carbons (Fsp3) is 0.467. The highest BCUT2D eigenvalue weighted by Gasteiger charge is 2.02. The maximum Gasteiger partial charge on any atom is 0.114 e. The van der Waals surface area contributed by atoms with E-state index in [9.17, 15) is 0 Å². The summed E-state index contributed by atoms with van der Waals surface area (Å²) < 4.78 is 10.6. The molecule has 2 heterocycles. The summed E-state index contributed by atoms with van der Waals surface area (Å²) in [5, 5.41) is 0. The first-order valence-electron chi connectivity index (χ1n) is 6.28. The maximum absolute atomic E-state index is 5.35. The van der Waals surface area contributed by atoms with E-state index in [1.165, 1.54) is 9.79 Å². The minimum Gasteiger partial charge on any atom is -0.465 e. The Bertz CT molecular complexity index is 512. The second-order valence-electron chi connectivity index (χ2n) is 4.19. The normalized spacial score (nSPS) is 10.2. The van der Waals surface area contributed by atoms with Crippen LogP contribution in [0.5, 0.6) is 0 Å². The molecule has 0 unspecified atom stereocenters. The number of thioether (sulfide) groups is 2. The molecule has 0 spiro atoms. The van der Waals surface area contributed by atoms with Gasteiger partial charge in [0.2, 0.25) is 0 Å². The smallest absolute Gasteiger partial charge is 0.114 e. The van der Waals surface area contributed by atoms with Gasteiger partial charge in [-0.1, -0.05) is 6.92 Å². The van der Waals surface area contributed by atoms with Gasteiger partial charge in [0.1, 0.15) is 23.0 Å². The third-order valence-electron chi connectivity index (χ3n) is 2.51. The molecule has 0 aliphatic heterocycles. The van der Waals surface area contributed by atoms with Crippen LogP contribution in [0.15, 0.2) is 30.8 Å². The SMILES string of the molecule is CCSc1cc(C)oc1C.CSc1cc(C)oc1C. The monoisotopic (exact) mass is 298 g/mol. The standard InChI is InChI=1S/C8H12OS.C7H10OS/c1-4-10-8-5-6(2)9-7(8)3;1-5-4-7(9-3)6(2)8-5/h5H,4H2,1-3H3;4H,1-3H3. The lowest BCUT2D eigenvalue weighted by molar-refractivity contribution is 0.498. The van der Waals surface area contributed by atoms with Crippen LogP contribution in [0.3, 0.4) is 0 Å². The van der Waals surface area contributed by atoms with Gasteiger partial charge in [-0.05, 0) is 51.8 Å². The number of hydrogen-bond acceptors (Lipinski definition) is 4. The molecule has 2 nitrogen and oxygen atoms in total. The van der Waals surface area contributed by atoms with Crippen molar-refractivity contribution < 1.29 is 8.83 Å². The van der Waals surface area contributed by atoms with Crippen molar-refractivity contribution in [3.8, 4) is 0 Å². The van der Waals surface area contributed by atoms with Crippen LogP contribution in [-0.4, -0.2) is 12.0 Å². The summed E-state index contributed by atoms with van der Waals surface area (Å²) in [6, 6.07) is 4.14. The van der Waals surface area contributed by atoms with Crippen LogP contribution in [0, 0.1) is 27.7 Å². The average molecular weight is 298 g/mol. The zero-order valence-electron chi connectivity index (χ0n) is 12.5. The molecule has 2 rings (SSSR count).